The molecular formula is C18H31FeO2PSi2. The third-order valence-electron chi connectivity index (χ3n) is 2.62. The molecular weight excluding hydrogens is 391 g/mol. The molecule has 24 heavy (non-hydrogen) atoms. The summed E-state index contributed by atoms with van der Waals surface area (Å²) < 4.78 is 12.5. The Hall–Kier alpha value is 0.00325. The molecule has 2 nitrogen and oxygen atoms in total. The quantitative estimate of drug-likeness (QED) is 0.293. The molecule has 0 N–H and O–H groups in total. The van der Waals surface area contributed by atoms with Crippen LogP contribution in [0.15, 0.2) is 54.6 Å². The Bertz CT molecular complexity index is 469. The van der Waals surface area contributed by atoms with Crippen LogP contribution in [0.5, 0.6) is 0 Å². The first-order chi connectivity index (χ1) is 10.7. The molecule has 0 spiro atoms. The number of hydrogen-bond donors (Lipinski definition) is 0. The van der Waals surface area contributed by atoms with Crippen LogP contribution in [0.4, 0.5) is 0 Å². The maximum Gasteiger partial charge on any atom is 2.00 e. The summed E-state index contributed by atoms with van der Waals surface area (Å²) in [6.07, 6.45) is 2.08. The number of aryl methyl sites for hydroxylation is 1. The molecule has 0 saturated carbocycles. The molecule has 0 fully saturated rings. The Kier molecular flexibility index (Phi) is 11.6. The third-order valence-corrected chi connectivity index (χ3v) is 9.22. The van der Waals surface area contributed by atoms with Gasteiger partial charge in [-0.2, -0.15) is 35.9 Å². The van der Waals surface area contributed by atoms with Crippen LogP contribution < -0.4 is 0 Å². The minimum atomic E-state index is -1.52. The zero-order valence-electron chi connectivity index (χ0n) is 15.7. The Morgan fingerprint density at radius 1 is 0.833 bits per heavy atom. The van der Waals surface area contributed by atoms with Crippen molar-refractivity contribution in [2.24, 2.45) is 0 Å². The Morgan fingerprint density at radius 3 is 1.62 bits per heavy atom. The molecule has 0 bridgehead atoms. The summed E-state index contributed by atoms with van der Waals surface area (Å²) in [4.78, 5) is 0. The monoisotopic (exact) mass is 422 g/mol. The van der Waals surface area contributed by atoms with E-state index in [1.165, 1.54) is 5.56 Å². The Balaban J connectivity index is 0.000000751. The molecule has 0 aliphatic heterocycles. The molecule has 0 unspecified atom stereocenters. The molecule has 2 aromatic rings. The third kappa shape index (κ3) is 13.3. The zero-order valence-corrected chi connectivity index (χ0v) is 19.7. The van der Waals surface area contributed by atoms with E-state index in [0.717, 1.165) is 12.6 Å². The van der Waals surface area contributed by atoms with E-state index in [1.54, 1.807) is 0 Å². The van der Waals surface area contributed by atoms with Gasteiger partial charge in [0.1, 0.15) is 8.38 Å². The second kappa shape index (κ2) is 11.6. The van der Waals surface area contributed by atoms with Crippen LogP contribution in [0.25, 0.3) is 0 Å². The van der Waals surface area contributed by atoms with Gasteiger partial charge in [-0.1, -0.05) is 6.42 Å². The van der Waals surface area contributed by atoms with Crippen LogP contribution in [0.1, 0.15) is 5.56 Å². The zero-order chi connectivity index (χ0) is 17.3. The second-order valence-electron chi connectivity index (χ2n) is 7.47. The molecule has 136 valence electrons. The van der Waals surface area contributed by atoms with E-state index in [1.807, 2.05) is 30.3 Å². The van der Waals surface area contributed by atoms with Crippen molar-refractivity contribution in [2.45, 2.75) is 45.7 Å². The van der Waals surface area contributed by atoms with Crippen LogP contribution in [0.2, 0.25) is 39.3 Å². The summed E-state index contributed by atoms with van der Waals surface area (Å²) in [6.45, 7) is 13.4. The summed E-state index contributed by atoms with van der Waals surface area (Å²) >= 11 is 0. The van der Waals surface area contributed by atoms with Gasteiger partial charge in [-0.3, -0.25) is 0 Å². The summed E-state index contributed by atoms with van der Waals surface area (Å²) in [5.74, 6) is 0. The van der Waals surface area contributed by atoms with E-state index < -0.39 is 25.0 Å². The van der Waals surface area contributed by atoms with Crippen molar-refractivity contribution in [2.75, 3.05) is 6.16 Å². The van der Waals surface area contributed by atoms with E-state index in [0.29, 0.717) is 0 Å². The van der Waals surface area contributed by atoms with Crippen LogP contribution in [-0.2, 0) is 31.9 Å². The minimum Gasteiger partial charge on any atom is -0.376 e. The smallest absolute Gasteiger partial charge is 0.376 e. The Labute approximate surface area is 162 Å². The van der Waals surface area contributed by atoms with Crippen molar-refractivity contribution in [3.8, 4) is 0 Å². The van der Waals surface area contributed by atoms with E-state index >= 15 is 0 Å². The van der Waals surface area contributed by atoms with Crippen LogP contribution in [-0.4, -0.2) is 22.8 Å². The standard InChI is InChI=1S/C13H26O2PSi2.C5H5.Fe/c1-17(2,3)14-16(15-18(4,5)6)12-11-13-9-7-8-10-13;1-2-4-5-3-1;/h7-10H,11-12H2,1-6H3;1-5H;/q2*-1;+2. The fraction of sp³-hybridized carbons (Fsp3) is 0.444. The van der Waals surface area contributed by atoms with Gasteiger partial charge in [0.2, 0.25) is 0 Å². The number of rotatable bonds is 7. The van der Waals surface area contributed by atoms with Gasteiger partial charge < -0.3 is 8.43 Å². The van der Waals surface area contributed by atoms with E-state index in [-0.39, 0.29) is 17.1 Å². The fourth-order valence-electron chi connectivity index (χ4n) is 1.84. The van der Waals surface area contributed by atoms with Gasteiger partial charge in [-0.05, 0) is 39.3 Å². The Morgan fingerprint density at radius 2 is 1.29 bits per heavy atom. The van der Waals surface area contributed by atoms with E-state index in [4.69, 9.17) is 8.43 Å². The molecule has 0 aromatic heterocycles. The molecule has 0 aliphatic carbocycles. The van der Waals surface area contributed by atoms with Crippen molar-refractivity contribution in [3.63, 3.8) is 0 Å². The first-order valence-corrected chi connectivity index (χ1v) is 16.4. The van der Waals surface area contributed by atoms with E-state index in [9.17, 15) is 0 Å². The van der Waals surface area contributed by atoms with Crippen LogP contribution in [0, 0.1) is 0 Å². The molecule has 2 rings (SSSR count). The summed E-state index contributed by atoms with van der Waals surface area (Å²) in [5.41, 5.74) is 1.39. The molecule has 6 heteroatoms. The summed E-state index contributed by atoms with van der Waals surface area (Å²) in [5, 5.41) is 0. The van der Waals surface area contributed by atoms with Crippen molar-refractivity contribution < 1.29 is 25.5 Å². The van der Waals surface area contributed by atoms with Gasteiger partial charge in [0.05, 0.1) is 0 Å². The molecule has 0 heterocycles. The fourth-order valence-corrected chi connectivity index (χ4v) is 8.39. The number of hydrogen-bond acceptors (Lipinski definition) is 2. The van der Waals surface area contributed by atoms with E-state index in [2.05, 4.69) is 63.5 Å². The van der Waals surface area contributed by atoms with Crippen molar-refractivity contribution >= 4 is 25.0 Å². The molecule has 0 aliphatic rings. The van der Waals surface area contributed by atoms with Gasteiger partial charge >= 0.3 is 17.1 Å². The largest absolute Gasteiger partial charge is 2.00 e. The van der Waals surface area contributed by atoms with Gasteiger partial charge in [0.25, 0.3) is 0 Å². The van der Waals surface area contributed by atoms with Crippen molar-refractivity contribution in [1.29, 1.82) is 0 Å². The predicted octanol–water partition coefficient (Wildman–Crippen LogP) is 6.37. The summed E-state index contributed by atoms with van der Waals surface area (Å²) in [7, 11) is -3.75. The summed E-state index contributed by atoms with van der Waals surface area (Å²) in [6, 6.07) is 18.5. The first kappa shape index (κ1) is 24.0. The SMILES string of the molecule is C[Si](C)(C)OP(CC[c-]1cccc1)O[Si](C)(C)C.[Fe+2].c1cc[cH-]c1. The van der Waals surface area contributed by atoms with Gasteiger partial charge in [-0.15, -0.1) is 0 Å². The molecule has 0 atom stereocenters. The maximum absolute atomic E-state index is 6.23. The first-order valence-electron chi connectivity index (χ1n) is 8.19. The minimum absolute atomic E-state index is 0. The van der Waals surface area contributed by atoms with Gasteiger partial charge in [0.15, 0.2) is 16.6 Å². The van der Waals surface area contributed by atoms with Crippen molar-refractivity contribution in [1.82, 2.24) is 0 Å². The van der Waals surface area contributed by atoms with Crippen LogP contribution >= 0.6 is 8.38 Å². The van der Waals surface area contributed by atoms with Gasteiger partial charge in [-0.25, -0.2) is 24.3 Å². The molecule has 2 aromatic carbocycles. The average molecular weight is 422 g/mol. The maximum atomic E-state index is 6.23. The molecule has 0 radical (unpaired) electrons. The van der Waals surface area contributed by atoms with Crippen LogP contribution in [0.3, 0.4) is 0 Å². The predicted molar refractivity (Wildman–Crippen MR) is 108 cm³/mol. The topological polar surface area (TPSA) is 18.5 Å². The van der Waals surface area contributed by atoms with Gasteiger partial charge in [0, 0.05) is 6.16 Å². The molecule has 0 amide bonds. The average Bonchev–Trinajstić information content (AvgIpc) is 3.08. The second-order valence-corrected chi connectivity index (χ2v) is 18.5. The molecule has 0 saturated heterocycles. The van der Waals surface area contributed by atoms with Crippen molar-refractivity contribution in [3.05, 3.63) is 60.2 Å². The normalized spacial score (nSPS) is 11.6.